The van der Waals surface area contributed by atoms with Crippen molar-refractivity contribution < 1.29 is 0 Å². The molecule has 0 aliphatic carbocycles. The molecule has 9 heteroatoms. The van der Waals surface area contributed by atoms with Crippen LogP contribution >= 0.6 is 11.3 Å². The van der Waals surface area contributed by atoms with Gasteiger partial charge in [0.1, 0.15) is 22.7 Å². The van der Waals surface area contributed by atoms with Crippen molar-refractivity contribution in [2.45, 2.75) is 25.8 Å². The summed E-state index contributed by atoms with van der Waals surface area (Å²) in [5.41, 5.74) is 7.69. The lowest BCUT2D eigenvalue weighted by Gasteiger charge is -2.18. The number of benzene rings is 1. The molecule has 0 aliphatic heterocycles. The summed E-state index contributed by atoms with van der Waals surface area (Å²) in [7, 11) is 1.88. The average molecular weight is 380 g/mol. The van der Waals surface area contributed by atoms with Gasteiger partial charge in [-0.3, -0.25) is 4.68 Å². The highest BCUT2D eigenvalue weighted by Gasteiger charge is 2.21. The first-order valence-electron chi connectivity index (χ1n) is 8.74. The number of nitrogen functional groups attached to an aromatic ring is 1. The van der Waals surface area contributed by atoms with Gasteiger partial charge in [-0.25, -0.2) is 9.97 Å². The molecule has 0 fully saturated rings. The fourth-order valence-corrected chi connectivity index (χ4v) is 3.64. The molecule has 0 saturated carbocycles. The van der Waals surface area contributed by atoms with E-state index in [1.54, 1.807) is 10.9 Å². The summed E-state index contributed by atoms with van der Waals surface area (Å²) in [6.45, 7) is 2.11. The lowest BCUT2D eigenvalue weighted by Crippen LogP contribution is -2.14. The molecule has 3 N–H and O–H groups in total. The predicted octanol–water partition coefficient (Wildman–Crippen LogP) is 2.95. The minimum absolute atomic E-state index is 0.214. The summed E-state index contributed by atoms with van der Waals surface area (Å²) in [5, 5.41) is 18.2. The van der Waals surface area contributed by atoms with Crippen molar-refractivity contribution >= 4 is 33.3 Å². The van der Waals surface area contributed by atoms with Crippen LogP contribution in [0.4, 0.5) is 10.9 Å². The fraction of sp³-hybridized carbons (Fsp3) is 0.278. The molecule has 3 heterocycles. The van der Waals surface area contributed by atoms with Crippen LogP contribution in [0.3, 0.4) is 0 Å². The van der Waals surface area contributed by atoms with Gasteiger partial charge in [0.2, 0.25) is 5.13 Å². The zero-order valence-corrected chi connectivity index (χ0v) is 15.9. The van der Waals surface area contributed by atoms with Crippen molar-refractivity contribution in [2.75, 3.05) is 11.1 Å². The first-order chi connectivity index (χ1) is 13.2. The van der Waals surface area contributed by atoms with Crippen LogP contribution in [0.25, 0.3) is 11.0 Å². The number of hydrogen-bond acceptors (Lipinski definition) is 8. The Morgan fingerprint density at radius 3 is 2.70 bits per heavy atom. The number of rotatable bonds is 6. The molecule has 1 aromatic carbocycles. The summed E-state index contributed by atoms with van der Waals surface area (Å²) in [4.78, 5) is 9.40. The molecule has 1 atom stereocenters. The van der Waals surface area contributed by atoms with Crippen LogP contribution in [-0.4, -0.2) is 29.9 Å². The Morgan fingerprint density at radius 2 is 2.00 bits per heavy atom. The van der Waals surface area contributed by atoms with E-state index in [0.717, 1.165) is 46.1 Å². The highest BCUT2D eigenvalue weighted by Crippen LogP contribution is 2.31. The van der Waals surface area contributed by atoms with Gasteiger partial charge in [0, 0.05) is 13.5 Å². The third-order valence-electron chi connectivity index (χ3n) is 4.23. The second kappa shape index (κ2) is 7.28. The third-order valence-corrected chi connectivity index (χ3v) is 5.05. The van der Waals surface area contributed by atoms with Gasteiger partial charge in [-0.05, 0) is 12.0 Å². The molecule has 0 bridgehead atoms. The maximum Gasteiger partial charge on any atom is 0.203 e. The van der Waals surface area contributed by atoms with Gasteiger partial charge in [-0.2, -0.15) is 5.10 Å². The number of aryl methyl sites for hydroxylation is 2. The number of fused-ring (bicyclic) bond motifs is 1. The number of nitrogens with zero attached hydrogens (tertiary/aromatic N) is 6. The first kappa shape index (κ1) is 17.3. The van der Waals surface area contributed by atoms with Crippen molar-refractivity contribution in [3.8, 4) is 0 Å². The van der Waals surface area contributed by atoms with E-state index in [-0.39, 0.29) is 6.04 Å². The van der Waals surface area contributed by atoms with Crippen molar-refractivity contribution in [3.63, 3.8) is 0 Å². The SMILES string of the molecule is CCCc1nc(N[C@H](c2ccccc2)c2nnc(N)s2)c2cnn(C)c2n1. The van der Waals surface area contributed by atoms with Crippen LogP contribution in [0, 0.1) is 0 Å². The zero-order valence-electron chi connectivity index (χ0n) is 15.1. The Balaban J connectivity index is 1.81. The van der Waals surface area contributed by atoms with Gasteiger partial charge in [-0.15, -0.1) is 10.2 Å². The third kappa shape index (κ3) is 3.45. The Labute approximate surface area is 160 Å². The Morgan fingerprint density at radius 1 is 1.19 bits per heavy atom. The van der Waals surface area contributed by atoms with Crippen LogP contribution in [-0.2, 0) is 13.5 Å². The van der Waals surface area contributed by atoms with Gasteiger partial charge in [-0.1, -0.05) is 48.6 Å². The highest BCUT2D eigenvalue weighted by molar-refractivity contribution is 7.15. The van der Waals surface area contributed by atoms with Gasteiger partial charge in [0.25, 0.3) is 0 Å². The average Bonchev–Trinajstić information content (AvgIpc) is 3.27. The van der Waals surface area contributed by atoms with E-state index in [4.69, 9.17) is 10.7 Å². The molecule has 27 heavy (non-hydrogen) atoms. The fourth-order valence-electron chi connectivity index (χ4n) is 2.95. The molecule has 4 aromatic rings. The number of nitrogens with two attached hydrogens (primary N) is 1. The maximum atomic E-state index is 5.82. The van der Waals surface area contributed by atoms with E-state index >= 15 is 0 Å². The summed E-state index contributed by atoms with van der Waals surface area (Å²) >= 11 is 1.36. The molecule has 3 aromatic heterocycles. The summed E-state index contributed by atoms with van der Waals surface area (Å²) in [6.07, 6.45) is 3.55. The Bertz CT molecular complexity index is 1060. The minimum Gasteiger partial charge on any atom is -0.374 e. The lowest BCUT2D eigenvalue weighted by molar-refractivity contribution is 0.771. The topological polar surface area (TPSA) is 107 Å². The van der Waals surface area contributed by atoms with Crippen molar-refractivity contribution in [1.82, 2.24) is 29.9 Å². The molecular weight excluding hydrogens is 360 g/mol. The molecule has 8 nitrogen and oxygen atoms in total. The molecule has 0 unspecified atom stereocenters. The van der Waals surface area contributed by atoms with E-state index in [1.807, 2.05) is 37.4 Å². The van der Waals surface area contributed by atoms with Crippen molar-refractivity contribution in [2.24, 2.45) is 7.05 Å². The largest absolute Gasteiger partial charge is 0.374 e. The standard InChI is InChI=1S/C18H20N8S/c1-3-7-13-21-15(12-10-20-26(2)16(12)22-13)23-14(11-8-5-4-6-9-11)17-24-25-18(19)27-17/h4-6,8-10,14H,3,7H2,1-2H3,(H2,19,25)(H,21,22,23)/t14-/m1/s1. The molecule has 138 valence electrons. The quantitative estimate of drug-likeness (QED) is 0.529. The molecule has 0 amide bonds. The highest BCUT2D eigenvalue weighted by atomic mass is 32.1. The van der Waals surface area contributed by atoms with Gasteiger partial charge >= 0.3 is 0 Å². The normalized spacial score (nSPS) is 12.4. The second-order valence-corrected chi connectivity index (χ2v) is 7.25. The van der Waals surface area contributed by atoms with E-state index in [2.05, 4.69) is 32.5 Å². The lowest BCUT2D eigenvalue weighted by atomic mass is 10.1. The van der Waals surface area contributed by atoms with Crippen LogP contribution in [0.1, 0.15) is 35.8 Å². The maximum absolute atomic E-state index is 5.82. The Kier molecular flexibility index (Phi) is 4.68. The van der Waals surface area contributed by atoms with E-state index in [1.165, 1.54) is 11.3 Å². The summed E-state index contributed by atoms with van der Waals surface area (Å²) in [5.74, 6) is 1.53. The van der Waals surface area contributed by atoms with Crippen LogP contribution in [0.2, 0.25) is 0 Å². The molecule has 0 saturated heterocycles. The van der Waals surface area contributed by atoms with Crippen LogP contribution < -0.4 is 11.1 Å². The Hall–Kier alpha value is -3.07. The molecule has 4 rings (SSSR count). The molecule has 0 spiro atoms. The van der Waals surface area contributed by atoms with E-state index < -0.39 is 0 Å². The molecule has 0 aliphatic rings. The second-order valence-electron chi connectivity index (χ2n) is 6.21. The summed E-state index contributed by atoms with van der Waals surface area (Å²) < 4.78 is 1.77. The zero-order chi connectivity index (χ0) is 18.8. The molecule has 0 radical (unpaired) electrons. The van der Waals surface area contributed by atoms with Crippen molar-refractivity contribution in [1.29, 1.82) is 0 Å². The smallest absolute Gasteiger partial charge is 0.203 e. The van der Waals surface area contributed by atoms with Crippen LogP contribution in [0.5, 0.6) is 0 Å². The predicted molar refractivity (Wildman–Crippen MR) is 107 cm³/mol. The minimum atomic E-state index is -0.214. The number of hydrogen-bond donors (Lipinski definition) is 2. The number of nitrogens with one attached hydrogen (secondary N) is 1. The first-order valence-corrected chi connectivity index (χ1v) is 9.56. The monoisotopic (exact) mass is 380 g/mol. The number of anilines is 2. The molecular formula is C18H20N8S. The van der Waals surface area contributed by atoms with Crippen LogP contribution in [0.15, 0.2) is 36.5 Å². The van der Waals surface area contributed by atoms with Gasteiger partial charge in [0.05, 0.1) is 11.6 Å². The van der Waals surface area contributed by atoms with Crippen molar-refractivity contribution in [3.05, 3.63) is 52.9 Å². The number of aromatic nitrogens is 6. The van der Waals surface area contributed by atoms with Gasteiger partial charge < -0.3 is 11.1 Å². The summed E-state index contributed by atoms with van der Waals surface area (Å²) in [6, 6.07) is 9.85. The van der Waals surface area contributed by atoms with Gasteiger partial charge in [0.15, 0.2) is 5.65 Å². The van der Waals surface area contributed by atoms with E-state index in [0.29, 0.717) is 5.13 Å². The van der Waals surface area contributed by atoms with E-state index in [9.17, 15) is 0 Å².